The van der Waals surface area contributed by atoms with E-state index in [1.54, 1.807) is 6.92 Å². The number of carbonyl (C=O) groups excluding carboxylic acids is 1. The Kier molecular flexibility index (Phi) is 7.97. The average molecular weight is 270 g/mol. The van der Waals surface area contributed by atoms with Crippen LogP contribution in [0.2, 0.25) is 0 Å². The molecule has 7 nitrogen and oxygen atoms in total. The van der Waals surface area contributed by atoms with Gasteiger partial charge in [-0.15, -0.1) is 0 Å². The van der Waals surface area contributed by atoms with Crippen LogP contribution in [0.25, 0.3) is 10.4 Å². The molecule has 108 valence electrons. The van der Waals surface area contributed by atoms with Crippen LogP contribution >= 0.6 is 0 Å². The summed E-state index contributed by atoms with van der Waals surface area (Å²) in [5.74, 6) is -0.0611. The summed E-state index contributed by atoms with van der Waals surface area (Å²) >= 11 is 0. The van der Waals surface area contributed by atoms with Crippen LogP contribution in [-0.4, -0.2) is 44.9 Å². The van der Waals surface area contributed by atoms with Crippen molar-refractivity contribution in [3.63, 3.8) is 0 Å². The first-order valence-electron chi connectivity index (χ1n) is 6.78. The lowest BCUT2D eigenvalue weighted by Crippen LogP contribution is -2.47. The fourth-order valence-corrected chi connectivity index (χ4v) is 2.16. The quantitative estimate of drug-likeness (QED) is 0.238. The third-order valence-corrected chi connectivity index (χ3v) is 3.07. The van der Waals surface area contributed by atoms with E-state index in [9.17, 15) is 4.79 Å². The monoisotopic (exact) mass is 270 g/mol. The van der Waals surface area contributed by atoms with Crippen LogP contribution in [0.1, 0.15) is 26.2 Å². The Hall–Kier alpha value is -1.30. The highest BCUT2D eigenvalue weighted by molar-refractivity contribution is 5.76. The van der Waals surface area contributed by atoms with Crippen molar-refractivity contribution in [2.45, 2.75) is 32.2 Å². The molecule has 0 aromatic carbocycles. The molecule has 1 fully saturated rings. The molecule has 0 radical (unpaired) electrons. The first kappa shape index (κ1) is 15.8. The van der Waals surface area contributed by atoms with E-state index in [2.05, 4.69) is 15.3 Å². The Morgan fingerprint density at radius 2 is 2.53 bits per heavy atom. The molecule has 0 saturated carbocycles. The van der Waals surface area contributed by atoms with Gasteiger partial charge >= 0.3 is 5.97 Å². The van der Waals surface area contributed by atoms with Crippen molar-refractivity contribution < 1.29 is 14.3 Å². The molecule has 0 aliphatic carbocycles. The maximum atomic E-state index is 11.9. The normalized spacial score (nSPS) is 20.4. The molecular formula is C12H22N4O3. The van der Waals surface area contributed by atoms with Gasteiger partial charge in [0, 0.05) is 24.0 Å². The van der Waals surface area contributed by atoms with Gasteiger partial charge in [0.1, 0.15) is 6.04 Å². The third kappa shape index (κ3) is 5.92. The molecule has 1 aliphatic rings. The molecule has 0 aromatic heterocycles. The van der Waals surface area contributed by atoms with E-state index in [1.165, 1.54) is 0 Å². The number of rotatable bonds is 8. The second-order valence-corrected chi connectivity index (χ2v) is 4.47. The van der Waals surface area contributed by atoms with Gasteiger partial charge in [-0.1, -0.05) is 5.11 Å². The van der Waals surface area contributed by atoms with E-state index in [0.717, 1.165) is 19.4 Å². The molecule has 2 atom stereocenters. The molecule has 2 unspecified atom stereocenters. The van der Waals surface area contributed by atoms with Gasteiger partial charge in [-0.2, -0.15) is 0 Å². The van der Waals surface area contributed by atoms with Crippen molar-refractivity contribution in [3.8, 4) is 0 Å². The van der Waals surface area contributed by atoms with Gasteiger partial charge in [-0.25, -0.2) is 0 Å². The van der Waals surface area contributed by atoms with E-state index < -0.39 is 0 Å². The minimum atomic E-state index is -0.327. The van der Waals surface area contributed by atoms with Crippen molar-refractivity contribution in [1.29, 1.82) is 0 Å². The van der Waals surface area contributed by atoms with Crippen LogP contribution in [0.3, 0.4) is 0 Å². The Balaban J connectivity index is 2.43. The summed E-state index contributed by atoms with van der Waals surface area (Å²) in [7, 11) is 0. The standard InChI is InChI=1S/C12H22N4O3/c1-2-19-12(17)11(10-5-3-8-18-9-10)14-6-4-7-15-16-13/h10-11,14H,2-9H2,1H3. The topological polar surface area (TPSA) is 96.3 Å². The van der Waals surface area contributed by atoms with Crippen LogP contribution in [0.5, 0.6) is 0 Å². The van der Waals surface area contributed by atoms with Crippen molar-refractivity contribution in [1.82, 2.24) is 5.32 Å². The van der Waals surface area contributed by atoms with Crippen molar-refractivity contribution >= 4 is 5.97 Å². The highest BCUT2D eigenvalue weighted by Crippen LogP contribution is 2.18. The summed E-state index contributed by atoms with van der Waals surface area (Å²) in [5, 5.41) is 6.66. The Morgan fingerprint density at radius 3 is 3.16 bits per heavy atom. The van der Waals surface area contributed by atoms with E-state index in [1.807, 2.05) is 0 Å². The first-order chi connectivity index (χ1) is 9.29. The van der Waals surface area contributed by atoms with Crippen LogP contribution in [0, 0.1) is 5.92 Å². The number of nitrogens with zero attached hydrogens (tertiary/aromatic N) is 3. The second-order valence-electron chi connectivity index (χ2n) is 4.47. The molecular weight excluding hydrogens is 248 g/mol. The number of ether oxygens (including phenoxy) is 2. The number of hydrogen-bond donors (Lipinski definition) is 1. The van der Waals surface area contributed by atoms with Crippen LogP contribution < -0.4 is 5.32 Å². The SMILES string of the molecule is CCOC(=O)C(NCCCN=[N+]=[N-])C1CCCOC1. The maximum absolute atomic E-state index is 11.9. The summed E-state index contributed by atoms with van der Waals surface area (Å²) in [6.45, 7) is 4.59. The zero-order valence-electron chi connectivity index (χ0n) is 11.4. The Bertz CT molecular complexity index is 312. The number of nitrogens with one attached hydrogen (secondary N) is 1. The van der Waals surface area contributed by atoms with Crippen LogP contribution in [0.4, 0.5) is 0 Å². The van der Waals surface area contributed by atoms with Gasteiger partial charge < -0.3 is 14.8 Å². The lowest BCUT2D eigenvalue weighted by atomic mass is 9.93. The van der Waals surface area contributed by atoms with Gasteiger partial charge in [0.25, 0.3) is 0 Å². The lowest BCUT2D eigenvalue weighted by Gasteiger charge is -2.29. The molecule has 1 aliphatic heterocycles. The molecule has 0 amide bonds. The molecule has 7 heteroatoms. The number of hydrogen-bond acceptors (Lipinski definition) is 5. The van der Waals surface area contributed by atoms with Crippen molar-refractivity contribution in [2.24, 2.45) is 11.0 Å². The molecule has 1 rings (SSSR count). The molecule has 0 bridgehead atoms. The summed E-state index contributed by atoms with van der Waals surface area (Å²) in [4.78, 5) is 14.6. The molecule has 1 N–H and O–H groups in total. The van der Waals surface area contributed by atoms with Crippen LogP contribution in [0.15, 0.2) is 5.11 Å². The van der Waals surface area contributed by atoms with E-state index >= 15 is 0 Å². The molecule has 1 saturated heterocycles. The van der Waals surface area contributed by atoms with Gasteiger partial charge in [0.05, 0.1) is 13.2 Å². The maximum Gasteiger partial charge on any atom is 0.323 e. The number of esters is 1. The molecule has 19 heavy (non-hydrogen) atoms. The van der Waals surface area contributed by atoms with Gasteiger partial charge in [-0.05, 0) is 38.3 Å². The fraction of sp³-hybridized carbons (Fsp3) is 0.917. The average Bonchev–Trinajstić information content (AvgIpc) is 2.44. The number of azide groups is 1. The predicted molar refractivity (Wildman–Crippen MR) is 70.6 cm³/mol. The molecule has 0 aromatic rings. The van der Waals surface area contributed by atoms with E-state index in [0.29, 0.717) is 32.7 Å². The highest BCUT2D eigenvalue weighted by Gasteiger charge is 2.30. The van der Waals surface area contributed by atoms with Crippen molar-refractivity contribution in [3.05, 3.63) is 10.4 Å². The summed E-state index contributed by atoms with van der Waals surface area (Å²) in [6, 6.07) is -0.327. The molecule has 0 spiro atoms. The Labute approximate surface area is 113 Å². The van der Waals surface area contributed by atoms with Crippen molar-refractivity contribution in [2.75, 3.05) is 32.9 Å². The summed E-state index contributed by atoms with van der Waals surface area (Å²) < 4.78 is 10.5. The molecule has 1 heterocycles. The largest absolute Gasteiger partial charge is 0.465 e. The third-order valence-electron chi connectivity index (χ3n) is 3.07. The van der Waals surface area contributed by atoms with E-state index in [-0.39, 0.29) is 17.9 Å². The predicted octanol–water partition coefficient (Wildman–Crippen LogP) is 1.63. The number of carbonyl (C=O) groups is 1. The fourth-order valence-electron chi connectivity index (χ4n) is 2.16. The zero-order chi connectivity index (χ0) is 13.9. The lowest BCUT2D eigenvalue weighted by molar-refractivity contribution is -0.148. The van der Waals surface area contributed by atoms with Gasteiger partial charge in [0.15, 0.2) is 0 Å². The van der Waals surface area contributed by atoms with Gasteiger partial charge in [-0.3, -0.25) is 4.79 Å². The minimum Gasteiger partial charge on any atom is -0.465 e. The summed E-state index contributed by atoms with van der Waals surface area (Å²) in [6.07, 6.45) is 2.64. The smallest absolute Gasteiger partial charge is 0.323 e. The van der Waals surface area contributed by atoms with Crippen LogP contribution in [-0.2, 0) is 14.3 Å². The zero-order valence-corrected chi connectivity index (χ0v) is 11.4. The minimum absolute atomic E-state index is 0.160. The first-order valence-corrected chi connectivity index (χ1v) is 6.78. The summed E-state index contributed by atoms with van der Waals surface area (Å²) in [5.41, 5.74) is 8.18. The Morgan fingerprint density at radius 1 is 1.68 bits per heavy atom. The van der Waals surface area contributed by atoms with E-state index in [4.69, 9.17) is 15.0 Å². The second kappa shape index (κ2) is 9.61. The van der Waals surface area contributed by atoms with Gasteiger partial charge in [0.2, 0.25) is 0 Å². The highest BCUT2D eigenvalue weighted by atomic mass is 16.5.